The van der Waals surface area contributed by atoms with Gasteiger partial charge < -0.3 is 30.2 Å². The molecule has 4 aromatic rings. The molecule has 4 fully saturated rings. The quantitative estimate of drug-likeness (QED) is 0.120. The minimum absolute atomic E-state index is 0.158. The zero-order valence-corrected chi connectivity index (χ0v) is 36.7. The van der Waals surface area contributed by atoms with Crippen molar-refractivity contribution < 1.29 is 39.2 Å². The summed E-state index contributed by atoms with van der Waals surface area (Å²) >= 11 is 0. The van der Waals surface area contributed by atoms with E-state index in [9.17, 15) is 30.0 Å². The molecule has 4 aliphatic rings. The molecule has 0 radical (unpaired) electrons. The van der Waals surface area contributed by atoms with Gasteiger partial charge in [0, 0.05) is 64.0 Å². The number of aromatic carboxylic acids is 2. The first kappa shape index (κ1) is 46.3. The minimum Gasteiger partial charge on any atom is -0.872 e. The van der Waals surface area contributed by atoms with E-state index >= 15 is 0 Å². The number of rotatable bonds is 10. The van der Waals surface area contributed by atoms with Crippen molar-refractivity contribution >= 4 is 45.9 Å². The van der Waals surface area contributed by atoms with Crippen LogP contribution >= 0.6 is 0 Å². The summed E-state index contributed by atoms with van der Waals surface area (Å²) in [4.78, 5) is 28.0. The van der Waals surface area contributed by atoms with Crippen molar-refractivity contribution in [2.75, 3.05) is 52.4 Å². The van der Waals surface area contributed by atoms with Crippen LogP contribution in [0.3, 0.4) is 0 Å². The Bertz CT molecular complexity index is 2170. The number of benzene rings is 4. The predicted octanol–water partition coefficient (Wildman–Crippen LogP) is 8.75. The Kier molecular flexibility index (Phi) is 18.0. The first-order valence-corrected chi connectivity index (χ1v) is 23.0. The zero-order chi connectivity index (χ0) is 44.2. The first-order valence-electron chi connectivity index (χ1n) is 23.0. The molecule has 0 amide bonds. The van der Waals surface area contributed by atoms with Crippen molar-refractivity contribution in [1.29, 1.82) is 0 Å². The van der Waals surface area contributed by atoms with E-state index in [2.05, 4.69) is 80.2 Å². The van der Waals surface area contributed by atoms with Gasteiger partial charge in [0.05, 0.1) is 11.1 Å². The van der Waals surface area contributed by atoms with Crippen LogP contribution in [0.5, 0.6) is 11.5 Å². The summed E-state index contributed by atoms with van der Waals surface area (Å²) in [6.45, 7) is 9.89. The van der Waals surface area contributed by atoms with Crippen molar-refractivity contribution in [2.24, 2.45) is 0 Å². The smallest absolute Gasteiger partial charge is 0.335 e. The summed E-state index contributed by atoms with van der Waals surface area (Å²) in [5, 5.41) is 46.8. The molecular formula is C53H64N4O6. The monoisotopic (exact) mass is 852 g/mol. The normalized spacial score (nSPS) is 17.3. The second-order valence-electron chi connectivity index (χ2n) is 16.8. The highest BCUT2D eigenvalue weighted by Gasteiger charge is 2.17. The van der Waals surface area contributed by atoms with Crippen LogP contribution in [0.25, 0.3) is 21.5 Å². The molecule has 2 N–H and O–H groups in total. The maximum atomic E-state index is 12.9. The average Bonchev–Trinajstić information content (AvgIpc) is 3.32. The van der Waals surface area contributed by atoms with Crippen LogP contribution in [0.2, 0.25) is 0 Å². The van der Waals surface area contributed by atoms with E-state index in [1.54, 1.807) is 48.5 Å². The van der Waals surface area contributed by atoms with E-state index < -0.39 is 23.4 Å². The van der Waals surface area contributed by atoms with Crippen molar-refractivity contribution in [1.82, 2.24) is 9.80 Å². The molecule has 4 saturated heterocycles. The maximum Gasteiger partial charge on any atom is 0.335 e. The lowest BCUT2D eigenvalue weighted by atomic mass is 9.90. The highest BCUT2D eigenvalue weighted by atomic mass is 16.4. The van der Waals surface area contributed by atoms with E-state index in [0.29, 0.717) is 21.5 Å². The zero-order valence-electron chi connectivity index (χ0n) is 36.7. The van der Waals surface area contributed by atoms with Crippen LogP contribution in [0.1, 0.15) is 109 Å². The third kappa shape index (κ3) is 13.9. The molecule has 10 nitrogen and oxygen atoms in total. The molecule has 0 bridgehead atoms. The number of allylic oxidation sites excluding steroid dienone is 6. The van der Waals surface area contributed by atoms with Gasteiger partial charge in [-0.15, -0.1) is 0 Å². The lowest BCUT2D eigenvalue weighted by Gasteiger charge is -2.24. The molecule has 10 heteroatoms. The number of hydrogen-bond donors (Lipinski definition) is 2. The number of fused-ring (bicyclic) bond motifs is 2. The summed E-state index contributed by atoms with van der Waals surface area (Å²) < 4.78 is 4.85. The number of carboxylic acids is 2. The summed E-state index contributed by atoms with van der Waals surface area (Å²) in [6.07, 6.45) is 38.2. The summed E-state index contributed by atoms with van der Waals surface area (Å²) in [7, 11) is 0. The Hall–Kier alpha value is -6.16. The van der Waals surface area contributed by atoms with Gasteiger partial charge in [0.15, 0.2) is 12.4 Å². The summed E-state index contributed by atoms with van der Waals surface area (Å²) in [6, 6.07) is 16.3. The first-order chi connectivity index (χ1) is 30.8. The highest BCUT2D eigenvalue weighted by molar-refractivity contribution is 6.02. The van der Waals surface area contributed by atoms with Crippen LogP contribution in [-0.4, -0.2) is 106 Å². The molecule has 63 heavy (non-hydrogen) atoms. The molecule has 4 aliphatic heterocycles. The fourth-order valence-electron chi connectivity index (χ4n) is 8.74. The third-order valence-electron chi connectivity index (χ3n) is 12.2. The second-order valence-corrected chi connectivity index (χ2v) is 16.8. The van der Waals surface area contributed by atoms with Crippen molar-refractivity contribution in [3.8, 4) is 11.5 Å². The standard InChI is InChI=1S/C23H16O6.2C15H25N2/c24-20-16(14-7-3-1-5-12(14)9-18(20)22(26)27)11-17-15-8-4-2-6-13(15)10-19(21(17)25)23(28)29;2*1-4-10-16(11-5-1)14-8-3-9-15-17-12-6-2-7-13-17/h1-10,24-25H,11H2,(H,26,27)(H,28,29);2*3,8-9,14-15H,1-2,4-7,10-13H2/q;2*+1/p-2. The van der Waals surface area contributed by atoms with E-state index in [-0.39, 0.29) is 28.7 Å². The van der Waals surface area contributed by atoms with Gasteiger partial charge in [-0.3, -0.25) is 0 Å². The van der Waals surface area contributed by atoms with E-state index in [0.717, 1.165) is 0 Å². The minimum atomic E-state index is -1.35. The Morgan fingerprint density at radius 2 is 0.873 bits per heavy atom. The number of carbonyl (C=O) groups is 2. The van der Waals surface area contributed by atoms with Crippen LogP contribution < -0.4 is 10.2 Å². The van der Waals surface area contributed by atoms with Gasteiger partial charge in [0.2, 0.25) is 0 Å². The lowest BCUT2D eigenvalue weighted by molar-refractivity contribution is -0.532. The highest BCUT2D eigenvalue weighted by Crippen LogP contribution is 2.37. The molecule has 0 spiro atoms. The molecule has 4 aromatic carbocycles. The fraction of sp³-hybridized carbons (Fsp3) is 0.396. The molecule has 0 atom stereocenters. The van der Waals surface area contributed by atoms with Crippen molar-refractivity contribution in [3.63, 3.8) is 0 Å². The number of nitrogens with zero attached hydrogens (tertiary/aromatic N) is 4. The van der Waals surface area contributed by atoms with Crippen LogP contribution in [0.15, 0.2) is 110 Å². The molecule has 8 rings (SSSR count). The summed E-state index contributed by atoms with van der Waals surface area (Å²) in [5.41, 5.74) is -0.453. The number of likely N-dealkylation sites (tertiary alicyclic amines) is 2. The number of hydrogen-bond acceptors (Lipinski definition) is 6. The van der Waals surface area contributed by atoms with E-state index in [1.165, 1.54) is 142 Å². The van der Waals surface area contributed by atoms with Crippen LogP contribution in [0.4, 0.5) is 0 Å². The van der Waals surface area contributed by atoms with Gasteiger partial charge in [-0.1, -0.05) is 72.2 Å². The maximum absolute atomic E-state index is 12.9. The predicted molar refractivity (Wildman–Crippen MR) is 251 cm³/mol. The Morgan fingerprint density at radius 3 is 1.25 bits per heavy atom. The molecular weight excluding hydrogens is 789 g/mol. The largest absolute Gasteiger partial charge is 0.872 e. The summed E-state index contributed by atoms with van der Waals surface area (Å²) in [5.74, 6) is -4.07. The second kappa shape index (κ2) is 24.5. The third-order valence-corrected chi connectivity index (χ3v) is 12.2. The van der Waals surface area contributed by atoms with Crippen molar-refractivity contribution in [2.45, 2.75) is 83.5 Å². The van der Waals surface area contributed by atoms with Crippen LogP contribution in [0, 0.1) is 0 Å². The average molecular weight is 853 g/mol. The molecule has 4 heterocycles. The van der Waals surface area contributed by atoms with Gasteiger partial charge in [0.1, 0.15) is 26.2 Å². The SMILES string of the molecule is C(=CC=[N+]1CCCCC1)C=CN1CCCCC1.C(=CC=[N+]1CCCCC1)C=CN1CCCCC1.O=C(O)c1cc2ccccc2c(Cc2c([O-])c(C(=O)O)cc3ccccc23)c1[O-]. The van der Waals surface area contributed by atoms with Gasteiger partial charge in [-0.25, -0.2) is 18.7 Å². The van der Waals surface area contributed by atoms with Gasteiger partial charge >= 0.3 is 11.9 Å². The Morgan fingerprint density at radius 1 is 0.508 bits per heavy atom. The van der Waals surface area contributed by atoms with Gasteiger partial charge in [-0.2, -0.15) is 0 Å². The molecule has 0 aromatic heterocycles. The van der Waals surface area contributed by atoms with E-state index in [4.69, 9.17) is 0 Å². The molecule has 0 saturated carbocycles. The lowest BCUT2D eigenvalue weighted by Crippen LogP contribution is -2.23. The Balaban J connectivity index is 0.000000167. The fourth-order valence-corrected chi connectivity index (χ4v) is 8.74. The van der Waals surface area contributed by atoms with Crippen LogP contribution in [-0.2, 0) is 6.42 Å². The topological polar surface area (TPSA) is 133 Å². The van der Waals surface area contributed by atoms with Crippen molar-refractivity contribution in [3.05, 3.63) is 132 Å². The van der Waals surface area contributed by atoms with Gasteiger partial charge in [0.25, 0.3) is 0 Å². The number of carboxylic acid groups (broad SMARTS) is 2. The molecule has 0 aliphatic carbocycles. The molecule has 332 valence electrons. The number of piperidine rings is 4. The van der Waals surface area contributed by atoms with E-state index in [1.807, 2.05) is 0 Å². The Labute approximate surface area is 372 Å². The molecule has 0 unspecified atom stereocenters. The van der Waals surface area contributed by atoms with Gasteiger partial charge in [-0.05, 0) is 127 Å².